The van der Waals surface area contributed by atoms with E-state index in [-0.39, 0.29) is 0 Å². The Labute approximate surface area is 79.5 Å². The largest absolute Gasteiger partial charge is 0.387 e. The van der Waals surface area contributed by atoms with Crippen molar-refractivity contribution in [3.63, 3.8) is 0 Å². The zero-order chi connectivity index (χ0) is 9.52. The van der Waals surface area contributed by atoms with E-state index in [9.17, 15) is 0 Å². The summed E-state index contributed by atoms with van der Waals surface area (Å²) in [5, 5.41) is 0. The number of nitrogens with two attached hydrogens (primary N) is 1. The minimum Gasteiger partial charge on any atom is -0.387 e. The Morgan fingerprint density at radius 3 is 2.62 bits per heavy atom. The Kier molecular flexibility index (Phi) is 4.03. The van der Waals surface area contributed by atoms with Crippen molar-refractivity contribution in [2.45, 2.75) is 19.3 Å². The first-order valence-corrected chi connectivity index (χ1v) is 4.58. The summed E-state index contributed by atoms with van der Waals surface area (Å²) < 4.78 is 0. The van der Waals surface area contributed by atoms with Gasteiger partial charge in [-0.25, -0.2) is 0 Å². The number of hydrogen-bond acceptors (Lipinski definition) is 1. The summed E-state index contributed by atoms with van der Waals surface area (Å²) in [6, 6.07) is 10.4. The van der Waals surface area contributed by atoms with Crippen molar-refractivity contribution in [1.29, 1.82) is 0 Å². The summed E-state index contributed by atoms with van der Waals surface area (Å²) in [5.74, 6) is 0.746. The lowest BCUT2D eigenvalue weighted by atomic mass is 10.1. The van der Waals surface area contributed by atoms with Crippen molar-refractivity contribution in [3.05, 3.63) is 35.9 Å². The fourth-order valence-electron chi connectivity index (χ4n) is 1.23. The summed E-state index contributed by atoms with van der Waals surface area (Å²) in [4.78, 5) is 3.91. The zero-order valence-electron chi connectivity index (χ0n) is 8.03. The Morgan fingerprint density at radius 2 is 2.00 bits per heavy atom. The fourth-order valence-corrected chi connectivity index (χ4v) is 1.23. The average molecular weight is 176 g/mol. The first kappa shape index (κ1) is 9.78. The van der Waals surface area contributed by atoms with E-state index in [0.29, 0.717) is 0 Å². The molecule has 0 aliphatic rings. The number of benzene rings is 1. The van der Waals surface area contributed by atoms with Gasteiger partial charge in [-0.2, -0.15) is 0 Å². The SMILES string of the molecule is CN=C(N)CCCc1ccccc1. The van der Waals surface area contributed by atoms with E-state index in [1.54, 1.807) is 7.05 Å². The molecule has 13 heavy (non-hydrogen) atoms. The number of hydrogen-bond donors (Lipinski definition) is 1. The molecule has 0 heterocycles. The third-order valence-electron chi connectivity index (χ3n) is 2.03. The third-order valence-corrected chi connectivity index (χ3v) is 2.03. The molecule has 0 spiro atoms. The van der Waals surface area contributed by atoms with Crippen molar-refractivity contribution in [2.24, 2.45) is 10.7 Å². The van der Waals surface area contributed by atoms with Gasteiger partial charge >= 0.3 is 0 Å². The predicted molar refractivity (Wildman–Crippen MR) is 56.9 cm³/mol. The Morgan fingerprint density at radius 1 is 1.31 bits per heavy atom. The second-order valence-electron chi connectivity index (χ2n) is 3.05. The monoisotopic (exact) mass is 176 g/mol. The lowest BCUT2D eigenvalue weighted by molar-refractivity contribution is 0.859. The van der Waals surface area contributed by atoms with Gasteiger partial charge in [-0.15, -0.1) is 0 Å². The van der Waals surface area contributed by atoms with Crippen LogP contribution in [-0.4, -0.2) is 12.9 Å². The van der Waals surface area contributed by atoms with Crippen LogP contribution < -0.4 is 5.73 Å². The molecule has 70 valence electrons. The second-order valence-corrected chi connectivity index (χ2v) is 3.05. The minimum absolute atomic E-state index is 0.746. The number of rotatable bonds is 4. The Balaban J connectivity index is 2.28. The maximum absolute atomic E-state index is 5.59. The highest BCUT2D eigenvalue weighted by Gasteiger charge is 1.93. The second kappa shape index (κ2) is 5.36. The van der Waals surface area contributed by atoms with Crippen molar-refractivity contribution in [1.82, 2.24) is 0 Å². The van der Waals surface area contributed by atoms with Crippen LogP contribution in [0, 0.1) is 0 Å². The molecule has 0 saturated carbocycles. The highest BCUT2D eigenvalue weighted by molar-refractivity contribution is 5.80. The minimum atomic E-state index is 0.746. The molecule has 2 nitrogen and oxygen atoms in total. The van der Waals surface area contributed by atoms with Gasteiger partial charge in [0.1, 0.15) is 0 Å². The molecule has 0 fully saturated rings. The molecular formula is C11H16N2. The normalized spacial score (nSPS) is 11.6. The van der Waals surface area contributed by atoms with E-state index in [1.807, 2.05) is 6.07 Å². The summed E-state index contributed by atoms with van der Waals surface area (Å²) >= 11 is 0. The lowest BCUT2D eigenvalue weighted by Crippen LogP contribution is -2.11. The van der Waals surface area contributed by atoms with Gasteiger partial charge in [0.05, 0.1) is 5.84 Å². The molecule has 0 atom stereocenters. The van der Waals surface area contributed by atoms with Gasteiger partial charge in [0.25, 0.3) is 0 Å². The van der Waals surface area contributed by atoms with Gasteiger partial charge in [-0.1, -0.05) is 30.3 Å². The number of aryl methyl sites for hydroxylation is 1. The van der Waals surface area contributed by atoms with Gasteiger partial charge in [0.2, 0.25) is 0 Å². The number of nitrogens with zero attached hydrogens (tertiary/aromatic N) is 1. The third kappa shape index (κ3) is 3.74. The van der Waals surface area contributed by atoms with Crippen LogP contribution in [0.25, 0.3) is 0 Å². The summed E-state index contributed by atoms with van der Waals surface area (Å²) in [7, 11) is 1.73. The van der Waals surface area contributed by atoms with Gasteiger partial charge in [0, 0.05) is 13.5 Å². The molecule has 0 aliphatic carbocycles. The maximum atomic E-state index is 5.59. The molecule has 2 N–H and O–H groups in total. The summed E-state index contributed by atoms with van der Waals surface area (Å²) in [6.45, 7) is 0. The van der Waals surface area contributed by atoms with Crippen LogP contribution in [0.5, 0.6) is 0 Å². The highest BCUT2D eigenvalue weighted by Crippen LogP contribution is 2.03. The zero-order valence-corrected chi connectivity index (χ0v) is 8.03. The van der Waals surface area contributed by atoms with Crippen LogP contribution in [0.3, 0.4) is 0 Å². The number of amidine groups is 1. The smallest absolute Gasteiger partial charge is 0.0933 e. The van der Waals surface area contributed by atoms with Crippen LogP contribution in [0.4, 0.5) is 0 Å². The first-order valence-electron chi connectivity index (χ1n) is 4.58. The van der Waals surface area contributed by atoms with Crippen molar-refractivity contribution < 1.29 is 0 Å². The van der Waals surface area contributed by atoms with Crippen LogP contribution in [0.2, 0.25) is 0 Å². The maximum Gasteiger partial charge on any atom is 0.0933 e. The fraction of sp³-hybridized carbons (Fsp3) is 0.364. The molecule has 1 rings (SSSR count). The van der Waals surface area contributed by atoms with Gasteiger partial charge in [-0.05, 0) is 18.4 Å². The van der Waals surface area contributed by atoms with Crippen LogP contribution in [-0.2, 0) is 6.42 Å². The van der Waals surface area contributed by atoms with Gasteiger partial charge in [-0.3, -0.25) is 4.99 Å². The molecule has 1 aromatic carbocycles. The standard InChI is InChI=1S/C11H16N2/c1-13-11(12)9-5-8-10-6-3-2-4-7-10/h2-4,6-7H,5,8-9H2,1H3,(H2,12,13). The molecule has 0 aliphatic heterocycles. The molecule has 0 radical (unpaired) electrons. The van der Waals surface area contributed by atoms with Crippen molar-refractivity contribution in [2.75, 3.05) is 7.05 Å². The Bertz CT molecular complexity index is 265. The predicted octanol–water partition coefficient (Wildman–Crippen LogP) is 2.00. The van der Waals surface area contributed by atoms with Crippen LogP contribution in [0.1, 0.15) is 18.4 Å². The summed E-state index contributed by atoms with van der Waals surface area (Å²) in [5.41, 5.74) is 6.95. The van der Waals surface area contributed by atoms with Crippen LogP contribution >= 0.6 is 0 Å². The van der Waals surface area contributed by atoms with Crippen molar-refractivity contribution >= 4 is 5.84 Å². The van der Waals surface area contributed by atoms with E-state index in [2.05, 4.69) is 29.3 Å². The average Bonchev–Trinajstić information content (AvgIpc) is 2.19. The van der Waals surface area contributed by atoms with E-state index >= 15 is 0 Å². The molecule has 0 bridgehead atoms. The van der Waals surface area contributed by atoms with Gasteiger partial charge in [0.15, 0.2) is 0 Å². The Hall–Kier alpha value is -1.31. The first-order chi connectivity index (χ1) is 6.33. The molecule has 1 aromatic rings. The molecule has 0 aromatic heterocycles. The molecule has 0 saturated heterocycles. The van der Waals surface area contributed by atoms with E-state index in [4.69, 9.17) is 5.73 Å². The van der Waals surface area contributed by atoms with Crippen molar-refractivity contribution in [3.8, 4) is 0 Å². The molecular weight excluding hydrogens is 160 g/mol. The highest BCUT2D eigenvalue weighted by atomic mass is 14.8. The lowest BCUT2D eigenvalue weighted by Gasteiger charge is -2.00. The van der Waals surface area contributed by atoms with E-state index < -0.39 is 0 Å². The van der Waals surface area contributed by atoms with E-state index in [0.717, 1.165) is 25.1 Å². The summed E-state index contributed by atoms with van der Waals surface area (Å²) in [6.07, 6.45) is 3.05. The van der Waals surface area contributed by atoms with Crippen LogP contribution in [0.15, 0.2) is 35.3 Å². The topological polar surface area (TPSA) is 38.4 Å². The molecule has 0 unspecified atom stereocenters. The molecule has 2 heteroatoms. The quantitative estimate of drug-likeness (QED) is 0.553. The molecule has 0 amide bonds. The van der Waals surface area contributed by atoms with Gasteiger partial charge < -0.3 is 5.73 Å². The number of aliphatic imine (C=N–C) groups is 1. The van der Waals surface area contributed by atoms with E-state index in [1.165, 1.54) is 5.56 Å².